The molecule has 12 nitrogen and oxygen atoms in total. The molecule has 1 aromatic heterocycles. The van der Waals surface area contributed by atoms with E-state index < -0.39 is 18.3 Å². The molecule has 0 bridgehead atoms. The van der Waals surface area contributed by atoms with E-state index in [0.29, 0.717) is 6.42 Å². The van der Waals surface area contributed by atoms with Gasteiger partial charge in [0.2, 0.25) is 17.8 Å². The zero-order chi connectivity index (χ0) is 17.2. The predicted octanol–water partition coefficient (Wildman–Crippen LogP) is 1.19. The Morgan fingerprint density at radius 2 is 1.22 bits per heavy atom. The summed E-state index contributed by atoms with van der Waals surface area (Å²) in [7, 11) is 2.29. The summed E-state index contributed by atoms with van der Waals surface area (Å²) in [6, 6.07) is 0. The number of nitrogens with zero attached hydrogens (tertiary/aromatic N) is 3. The Labute approximate surface area is 130 Å². The van der Waals surface area contributed by atoms with Crippen molar-refractivity contribution in [2.45, 2.75) is 13.3 Å². The van der Waals surface area contributed by atoms with Crippen molar-refractivity contribution in [3.8, 4) is 0 Å². The molecule has 12 heteroatoms. The van der Waals surface area contributed by atoms with Gasteiger partial charge in [-0.1, -0.05) is 6.92 Å². The first kappa shape index (κ1) is 17.9. The van der Waals surface area contributed by atoms with Gasteiger partial charge in [0.1, 0.15) is 0 Å². The highest BCUT2D eigenvalue weighted by Crippen LogP contribution is 2.10. The number of rotatable bonds is 5. The average molecular weight is 328 g/mol. The lowest BCUT2D eigenvalue weighted by molar-refractivity contribution is 0.161. The normalized spacial score (nSPS) is 9.52. The quantitative estimate of drug-likeness (QED) is 0.676. The molecule has 0 unspecified atom stereocenters. The summed E-state index contributed by atoms with van der Waals surface area (Å²) in [4.78, 5) is 45.1. The Morgan fingerprint density at radius 1 is 0.826 bits per heavy atom. The third-order valence-electron chi connectivity index (χ3n) is 2.09. The average Bonchev–Trinajstić information content (AvgIpc) is 2.52. The minimum absolute atomic E-state index is 0.206. The SMILES string of the molecule is CCCOC(=O)Nc1nc(NC(=O)OC)nc(NC(=O)OC)n1. The van der Waals surface area contributed by atoms with E-state index in [1.165, 1.54) is 0 Å². The Morgan fingerprint density at radius 3 is 1.57 bits per heavy atom. The fourth-order valence-electron chi connectivity index (χ4n) is 1.15. The second kappa shape index (κ2) is 8.96. The largest absolute Gasteiger partial charge is 0.453 e. The molecule has 0 radical (unpaired) electrons. The highest BCUT2D eigenvalue weighted by atomic mass is 16.6. The molecule has 1 aromatic rings. The van der Waals surface area contributed by atoms with Crippen LogP contribution in [0.1, 0.15) is 13.3 Å². The number of ether oxygens (including phenoxy) is 3. The van der Waals surface area contributed by atoms with Crippen molar-refractivity contribution in [2.75, 3.05) is 36.8 Å². The zero-order valence-electron chi connectivity index (χ0n) is 12.7. The van der Waals surface area contributed by atoms with E-state index in [4.69, 9.17) is 4.74 Å². The number of anilines is 3. The van der Waals surface area contributed by atoms with Crippen molar-refractivity contribution in [1.82, 2.24) is 15.0 Å². The molecule has 0 atom stereocenters. The summed E-state index contributed by atoms with van der Waals surface area (Å²) >= 11 is 0. The van der Waals surface area contributed by atoms with Gasteiger partial charge in [-0.25, -0.2) is 14.4 Å². The zero-order valence-corrected chi connectivity index (χ0v) is 12.7. The maximum absolute atomic E-state index is 11.5. The van der Waals surface area contributed by atoms with Gasteiger partial charge in [0.05, 0.1) is 20.8 Å². The first-order chi connectivity index (χ1) is 11.0. The second-order valence-electron chi connectivity index (χ2n) is 3.80. The molecular weight excluding hydrogens is 312 g/mol. The maximum atomic E-state index is 11.5. The Balaban J connectivity index is 2.95. The van der Waals surface area contributed by atoms with Crippen molar-refractivity contribution in [3.63, 3.8) is 0 Å². The number of hydrogen-bond acceptors (Lipinski definition) is 9. The topological polar surface area (TPSA) is 154 Å². The minimum Gasteiger partial charge on any atom is -0.453 e. The fourth-order valence-corrected chi connectivity index (χ4v) is 1.15. The summed E-state index contributed by atoms with van der Waals surface area (Å²) in [6.07, 6.45) is -1.86. The summed E-state index contributed by atoms with van der Waals surface area (Å²) < 4.78 is 13.6. The van der Waals surface area contributed by atoms with E-state index in [1.807, 2.05) is 6.92 Å². The first-order valence-electron chi connectivity index (χ1n) is 6.38. The first-order valence-corrected chi connectivity index (χ1v) is 6.38. The van der Waals surface area contributed by atoms with Crippen molar-refractivity contribution >= 4 is 36.1 Å². The van der Waals surface area contributed by atoms with Crippen LogP contribution in [-0.4, -0.2) is 54.1 Å². The van der Waals surface area contributed by atoms with Crippen LogP contribution < -0.4 is 16.0 Å². The lowest BCUT2D eigenvalue weighted by Gasteiger charge is -2.09. The van der Waals surface area contributed by atoms with Crippen molar-refractivity contribution in [2.24, 2.45) is 0 Å². The molecule has 126 valence electrons. The third kappa shape index (κ3) is 6.41. The molecule has 0 spiro atoms. The number of methoxy groups -OCH3 is 2. The van der Waals surface area contributed by atoms with Gasteiger partial charge in [-0.3, -0.25) is 16.0 Å². The van der Waals surface area contributed by atoms with Crippen molar-refractivity contribution < 1.29 is 28.6 Å². The molecule has 1 rings (SSSR count). The molecule has 0 aliphatic carbocycles. The van der Waals surface area contributed by atoms with Crippen LogP contribution in [0.15, 0.2) is 0 Å². The standard InChI is InChI=1S/C11H16N6O6/c1-4-5-23-11(20)17-8-13-6(15-9(18)21-2)12-7(14-8)16-10(19)22-3/h4-5H2,1-3H3,(H3,12,13,14,15,16,17,18,19,20). The number of carbonyl (C=O) groups is 3. The van der Waals surface area contributed by atoms with E-state index in [1.54, 1.807) is 0 Å². The molecule has 3 amide bonds. The number of nitrogens with one attached hydrogen (secondary N) is 3. The van der Waals surface area contributed by atoms with Crippen LogP contribution in [0, 0.1) is 0 Å². The number of amides is 3. The van der Waals surface area contributed by atoms with Crippen molar-refractivity contribution in [1.29, 1.82) is 0 Å². The third-order valence-corrected chi connectivity index (χ3v) is 2.09. The van der Waals surface area contributed by atoms with Gasteiger partial charge in [0, 0.05) is 0 Å². The predicted molar refractivity (Wildman–Crippen MR) is 77.1 cm³/mol. The fraction of sp³-hybridized carbons (Fsp3) is 0.455. The van der Waals surface area contributed by atoms with E-state index in [2.05, 4.69) is 40.4 Å². The van der Waals surface area contributed by atoms with Crippen LogP contribution >= 0.6 is 0 Å². The molecule has 23 heavy (non-hydrogen) atoms. The van der Waals surface area contributed by atoms with Gasteiger partial charge in [0.15, 0.2) is 0 Å². The van der Waals surface area contributed by atoms with E-state index in [9.17, 15) is 14.4 Å². The lowest BCUT2D eigenvalue weighted by atomic mass is 10.5. The number of carbonyl (C=O) groups excluding carboxylic acids is 3. The van der Waals surface area contributed by atoms with Crippen molar-refractivity contribution in [3.05, 3.63) is 0 Å². The van der Waals surface area contributed by atoms with Crippen LogP contribution in [0.5, 0.6) is 0 Å². The molecule has 0 aliphatic heterocycles. The molecular formula is C11H16N6O6. The molecule has 0 fully saturated rings. The van der Waals surface area contributed by atoms with Crippen LogP contribution in [0.3, 0.4) is 0 Å². The molecule has 3 N–H and O–H groups in total. The summed E-state index contributed by atoms with van der Waals surface area (Å²) in [5.41, 5.74) is 0. The van der Waals surface area contributed by atoms with Crippen LogP contribution in [0.25, 0.3) is 0 Å². The lowest BCUT2D eigenvalue weighted by Crippen LogP contribution is -2.21. The van der Waals surface area contributed by atoms with Crippen LogP contribution in [0.4, 0.5) is 32.2 Å². The smallest absolute Gasteiger partial charge is 0.414 e. The summed E-state index contributed by atoms with van der Waals surface area (Å²) in [6.45, 7) is 2.03. The van der Waals surface area contributed by atoms with Gasteiger partial charge in [0.25, 0.3) is 0 Å². The van der Waals surface area contributed by atoms with E-state index >= 15 is 0 Å². The molecule has 0 saturated carbocycles. The van der Waals surface area contributed by atoms with E-state index in [-0.39, 0.29) is 24.5 Å². The Hall–Kier alpha value is -3.18. The van der Waals surface area contributed by atoms with E-state index in [0.717, 1.165) is 14.2 Å². The van der Waals surface area contributed by atoms with Gasteiger partial charge < -0.3 is 14.2 Å². The van der Waals surface area contributed by atoms with Crippen LogP contribution in [-0.2, 0) is 14.2 Å². The number of hydrogen-bond donors (Lipinski definition) is 3. The second-order valence-corrected chi connectivity index (χ2v) is 3.80. The molecule has 0 saturated heterocycles. The van der Waals surface area contributed by atoms with Crippen LogP contribution in [0.2, 0.25) is 0 Å². The summed E-state index contributed by atoms with van der Waals surface area (Å²) in [5, 5.41) is 6.58. The molecule has 0 aliphatic rings. The highest BCUT2D eigenvalue weighted by Gasteiger charge is 2.14. The number of aromatic nitrogens is 3. The van der Waals surface area contributed by atoms with Gasteiger partial charge >= 0.3 is 18.3 Å². The van der Waals surface area contributed by atoms with Gasteiger partial charge in [-0.15, -0.1) is 0 Å². The molecule has 1 heterocycles. The van der Waals surface area contributed by atoms with Gasteiger partial charge in [-0.05, 0) is 6.42 Å². The molecule has 0 aromatic carbocycles. The van der Waals surface area contributed by atoms with Gasteiger partial charge in [-0.2, -0.15) is 15.0 Å². The Bertz CT molecular complexity index is 544. The maximum Gasteiger partial charge on any atom is 0.414 e. The minimum atomic E-state index is -0.847. The highest BCUT2D eigenvalue weighted by molar-refractivity contribution is 5.86. The summed E-state index contributed by atoms with van der Waals surface area (Å²) in [5.74, 6) is -0.771. The monoisotopic (exact) mass is 328 g/mol. The Kier molecular flexibility index (Phi) is 6.97.